The van der Waals surface area contributed by atoms with Crippen LogP contribution in [0.3, 0.4) is 0 Å². The van der Waals surface area contributed by atoms with Gasteiger partial charge in [-0.15, -0.1) is 11.3 Å². The average molecular weight is 354 g/mol. The molecular weight excluding hydrogens is 332 g/mol. The summed E-state index contributed by atoms with van der Waals surface area (Å²) in [5.41, 5.74) is 2.54. The Hall–Kier alpha value is -2.21. The summed E-state index contributed by atoms with van der Waals surface area (Å²) in [6, 6.07) is 6.38. The molecule has 6 heteroatoms. The summed E-state index contributed by atoms with van der Waals surface area (Å²) in [5, 5.41) is 7.05. The van der Waals surface area contributed by atoms with Crippen LogP contribution in [0, 0.1) is 6.92 Å². The van der Waals surface area contributed by atoms with E-state index < -0.39 is 0 Å². The summed E-state index contributed by atoms with van der Waals surface area (Å²) < 4.78 is 1.14. The van der Waals surface area contributed by atoms with Gasteiger partial charge in [-0.25, -0.2) is 9.98 Å². The molecule has 0 radical (unpaired) electrons. The van der Waals surface area contributed by atoms with Crippen molar-refractivity contribution in [2.45, 2.75) is 51.5 Å². The molecule has 1 aromatic carbocycles. The Labute approximate surface area is 151 Å². The van der Waals surface area contributed by atoms with Crippen LogP contribution in [-0.4, -0.2) is 22.9 Å². The first-order valence-electron chi connectivity index (χ1n) is 8.92. The Morgan fingerprint density at radius 3 is 2.80 bits per heavy atom. The Morgan fingerprint density at radius 1 is 1.20 bits per heavy atom. The molecule has 0 atom stereocenters. The van der Waals surface area contributed by atoms with Crippen LogP contribution in [0.15, 0.2) is 28.9 Å². The smallest absolute Gasteiger partial charge is 0.274 e. The molecule has 25 heavy (non-hydrogen) atoms. The summed E-state index contributed by atoms with van der Waals surface area (Å²) in [6.07, 6.45) is 9.15. The van der Waals surface area contributed by atoms with Crippen molar-refractivity contribution in [2.75, 3.05) is 0 Å². The predicted molar refractivity (Wildman–Crippen MR) is 103 cm³/mol. The molecule has 130 valence electrons. The van der Waals surface area contributed by atoms with Crippen molar-refractivity contribution in [3.05, 3.63) is 34.5 Å². The number of amides is 1. The van der Waals surface area contributed by atoms with Crippen LogP contribution in [0.4, 0.5) is 0 Å². The lowest BCUT2D eigenvalue weighted by molar-refractivity contribution is -0.115. The first kappa shape index (κ1) is 16.3. The van der Waals surface area contributed by atoms with E-state index in [9.17, 15) is 4.79 Å². The second kappa shape index (κ2) is 6.96. The fourth-order valence-electron chi connectivity index (χ4n) is 3.44. The molecule has 1 saturated carbocycles. The summed E-state index contributed by atoms with van der Waals surface area (Å²) in [4.78, 5) is 21.4. The molecule has 1 aromatic heterocycles. The largest absolute Gasteiger partial charge is 0.321 e. The third-order valence-electron chi connectivity index (χ3n) is 4.70. The molecule has 4 rings (SSSR count). The quantitative estimate of drug-likeness (QED) is 0.638. The molecule has 0 spiro atoms. The fraction of sp³-hybridized carbons (Fsp3) is 0.421. The maximum atomic E-state index is 12.2. The molecule has 1 aliphatic heterocycles. The van der Waals surface area contributed by atoms with Crippen molar-refractivity contribution >= 4 is 39.5 Å². The van der Waals surface area contributed by atoms with E-state index in [1.165, 1.54) is 25.7 Å². The van der Waals surface area contributed by atoms with Crippen molar-refractivity contribution in [2.24, 2.45) is 4.99 Å². The van der Waals surface area contributed by atoms with Crippen molar-refractivity contribution in [1.82, 2.24) is 15.6 Å². The van der Waals surface area contributed by atoms with Gasteiger partial charge in [0.2, 0.25) is 5.96 Å². The summed E-state index contributed by atoms with van der Waals surface area (Å²) in [7, 11) is 0. The van der Waals surface area contributed by atoms with Crippen molar-refractivity contribution in [3.63, 3.8) is 0 Å². The first-order chi connectivity index (χ1) is 12.2. The van der Waals surface area contributed by atoms with E-state index in [1.54, 1.807) is 11.3 Å². The Kier molecular flexibility index (Phi) is 4.53. The minimum absolute atomic E-state index is 0.118. The molecule has 1 amide bonds. The van der Waals surface area contributed by atoms with Crippen molar-refractivity contribution in [3.8, 4) is 0 Å². The number of thiazole rings is 1. The van der Waals surface area contributed by atoms with E-state index in [2.05, 4.69) is 21.7 Å². The number of carbonyl (C=O) groups is 1. The maximum absolute atomic E-state index is 12.2. The molecule has 1 aliphatic carbocycles. The third-order valence-corrected chi connectivity index (χ3v) is 5.63. The number of aliphatic imine (C=N–C) groups is 1. The first-order valence-corrected chi connectivity index (χ1v) is 9.74. The third kappa shape index (κ3) is 3.74. The number of nitrogens with one attached hydrogen (secondary N) is 2. The molecule has 2 heterocycles. The van der Waals surface area contributed by atoms with Gasteiger partial charge >= 0.3 is 0 Å². The molecule has 2 aromatic rings. The maximum Gasteiger partial charge on any atom is 0.274 e. The number of hydrogen-bond donors (Lipinski definition) is 2. The van der Waals surface area contributed by atoms with Gasteiger partial charge in [0.15, 0.2) is 0 Å². The zero-order chi connectivity index (χ0) is 17.2. The molecular formula is C19H22N4OS. The van der Waals surface area contributed by atoms with E-state index in [0.29, 0.717) is 17.7 Å². The van der Waals surface area contributed by atoms with E-state index in [1.807, 2.05) is 25.1 Å². The van der Waals surface area contributed by atoms with Crippen LogP contribution in [0.2, 0.25) is 0 Å². The second-order valence-electron chi connectivity index (χ2n) is 6.72. The minimum atomic E-state index is -0.118. The molecule has 0 unspecified atom stereocenters. The van der Waals surface area contributed by atoms with Crippen LogP contribution in [0.1, 0.15) is 49.1 Å². The van der Waals surface area contributed by atoms with Crippen molar-refractivity contribution in [1.29, 1.82) is 0 Å². The zero-order valence-electron chi connectivity index (χ0n) is 14.3. The highest BCUT2D eigenvalue weighted by Gasteiger charge is 2.23. The number of carbonyl (C=O) groups excluding carboxylic acids is 1. The monoisotopic (exact) mass is 354 g/mol. The van der Waals surface area contributed by atoms with Gasteiger partial charge in [-0.3, -0.25) is 10.1 Å². The van der Waals surface area contributed by atoms with Gasteiger partial charge in [-0.1, -0.05) is 31.7 Å². The van der Waals surface area contributed by atoms with E-state index in [0.717, 1.165) is 33.6 Å². The Balaban J connectivity index is 1.53. The second-order valence-corrected chi connectivity index (χ2v) is 7.96. The van der Waals surface area contributed by atoms with Crippen LogP contribution in [-0.2, 0) is 4.79 Å². The molecule has 1 saturated heterocycles. The summed E-state index contributed by atoms with van der Waals surface area (Å²) >= 11 is 1.67. The van der Waals surface area contributed by atoms with E-state index >= 15 is 0 Å². The number of hydrogen-bond acceptors (Lipinski definition) is 4. The van der Waals surface area contributed by atoms with Gasteiger partial charge in [0, 0.05) is 0 Å². The highest BCUT2D eigenvalue weighted by Crippen LogP contribution is 2.24. The predicted octanol–water partition coefficient (Wildman–Crippen LogP) is 3.74. The fourth-order valence-corrected chi connectivity index (χ4v) is 4.31. The highest BCUT2D eigenvalue weighted by atomic mass is 32.1. The van der Waals surface area contributed by atoms with Gasteiger partial charge in [-0.2, -0.15) is 0 Å². The lowest BCUT2D eigenvalue weighted by Gasteiger charge is -2.09. The van der Waals surface area contributed by atoms with Crippen molar-refractivity contribution < 1.29 is 4.79 Å². The van der Waals surface area contributed by atoms with Crippen LogP contribution < -0.4 is 10.6 Å². The lowest BCUT2D eigenvalue weighted by Crippen LogP contribution is -2.27. The Bertz CT molecular complexity index is 859. The highest BCUT2D eigenvalue weighted by molar-refractivity contribution is 7.18. The van der Waals surface area contributed by atoms with Gasteiger partial charge in [-0.05, 0) is 43.5 Å². The normalized spacial score (nSPS) is 22.4. The van der Waals surface area contributed by atoms with Crippen LogP contribution in [0.25, 0.3) is 16.3 Å². The van der Waals surface area contributed by atoms with Crippen LogP contribution >= 0.6 is 11.3 Å². The number of aryl methyl sites for hydroxylation is 1. The van der Waals surface area contributed by atoms with Gasteiger partial charge in [0.05, 0.1) is 21.3 Å². The zero-order valence-corrected chi connectivity index (χ0v) is 15.2. The number of guanidine groups is 1. The molecule has 2 aliphatic rings. The average Bonchev–Trinajstić information content (AvgIpc) is 2.99. The van der Waals surface area contributed by atoms with Gasteiger partial charge < -0.3 is 5.32 Å². The van der Waals surface area contributed by atoms with Gasteiger partial charge in [0.1, 0.15) is 5.70 Å². The molecule has 5 nitrogen and oxygen atoms in total. The number of benzene rings is 1. The summed E-state index contributed by atoms with van der Waals surface area (Å²) in [6.45, 7) is 2.00. The molecule has 0 bridgehead atoms. The number of aromatic nitrogens is 1. The minimum Gasteiger partial charge on any atom is -0.321 e. The number of rotatable bonds is 2. The molecule has 2 fully saturated rings. The summed E-state index contributed by atoms with van der Waals surface area (Å²) in [5.74, 6) is 0.478. The van der Waals surface area contributed by atoms with E-state index in [-0.39, 0.29) is 5.91 Å². The Morgan fingerprint density at radius 2 is 2.00 bits per heavy atom. The standard InChI is InChI=1S/C19H22N4OS/c1-12-20-15-9-8-13(11-17(15)25-12)10-16-18(24)23-19(22-16)21-14-6-4-2-3-5-7-14/h8-11,14H,2-7H2,1H3,(H2,21,22,23,24)/b16-10-. The molecule has 2 N–H and O–H groups in total. The SMILES string of the molecule is Cc1nc2ccc(/C=C3\NC(=NC4CCCCCC4)NC3=O)cc2s1. The number of fused-ring (bicyclic) bond motifs is 1. The topological polar surface area (TPSA) is 66.4 Å². The number of nitrogens with zero attached hydrogens (tertiary/aromatic N) is 2. The van der Waals surface area contributed by atoms with E-state index in [4.69, 9.17) is 4.99 Å². The van der Waals surface area contributed by atoms with Crippen LogP contribution in [0.5, 0.6) is 0 Å². The lowest BCUT2D eigenvalue weighted by atomic mass is 10.1. The van der Waals surface area contributed by atoms with Gasteiger partial charge in [0.25, 0.3) is 5.91 Å².